The second kappa shape index (κ2) is 9.76. The Kier molecular flexibility index (Phi) is 9.62. The Morgan fingerprint density at radius 3 is 2.06 bits per heavy atom. The third-order valence-corrected chi connectivity index (χ3v) is 4.00. The fourth-order valence-electron chi connectivity index (χ4n) is 2.85. The number of hydrogen-bond acceptors (Lipinski definition) is 1. The number of nitrogens with one attached hydrogen (secondary N) is 1. The molecule has 0 unspecified atom stereocenters. The molecule has 2 nitrogen and oxygen atoms in total. The van der Waals surface area contributed by atoms with E-state index >= 15 is 0 Å². The maximum atomic E-state index is 7.24. The molecule has 0 atom stereocenters. The van der Waals surface area contributed by atoms with Gasteiger partial charge < -0.3 is 5.73 Å². The first kappa shape index (κ1) is 16.8. The first-order valence-corrected chi connectivity index (χ1v) is 7.05. The molecule has 0 aliphatic heterocycles. The zero-order valence-electron chi connectivity index (χ0n) is 11.2. The summed E-state index contributed by atoms with van der Waals surface area (Å²) in [7, 11) is 0. The van der Waals surface area contributed by atoms with Crippen LogP contribution in [0.4, 0.5) is 0 Å². The third kappa shape index (κ3) is 7.64. The van der Waals surface area contributed by atoms with Gasteiger partial charge >= 0.3 is 0 Å². The molecule has 0 radical (unpaired) electrons. The molecule has 1 aliphatic carbocycles. The second-order valence-electron chi connectivity index (χ2n) is 5.45. The van der Waals surface area contributed by atoms with Gasteiger partial charge in [0.05, 0.1) is 5.84 Å². The molecule has 3 N–H and O–H groups in total. The lowest BCUT2D eigenvalue weighted by atomic mass is 9.78. The van der Waals surface area contributed by atoms with Crippen LogP contribution in [0.3, 0.4) is 0 Å². The van der Waals surface area contributed by atoms with Crippen molar-refractivity contribution in [2.75, 3.05) is 0 Å². The highest BCUT2D eigenvalue weighted by atomic mass is 35.5. The fourth-order valence-corrected chi connectivity index (χ4v) is 2.85. The number of halogens is 1. The molecule has 1 rings (SSSR count). The lowest BCUT2D eigenvalue weighted by Gasteiger charge is -2.28. The van der Waals surface area contributed by atoms with E-state index in [0.717, 1.165) is 24.7 Å². The average Bonchev–Trinajstić information content (AvgIpc) is 2.28. The molecule has 0 aromatic carbocycles. The minimum atomic E-state index is 0. The summed E-state index contributed by atoms with van der Waals surface area (Å²) in [5.74, 6) is 2.22. The smallest absolute Gasteiger partial charge is 0.0905 e. The SMILES string of the molecule is CCCCC[C@H]1CC[C@H](CCC(=N)N)CC1.Cl. The van der Waals surface area contributed by atoms with E-state index in [-0.39, 0.29) is 12.4 Å². The van der Waals surface area contributed by atoms with Gasteiger partial charge in [0.1, 0.15) is 0 Å². The van der Waals surface area contributed by atoms with Gasteiger partial charge in [-0.05, 0) is 18.3 Å². The van der Waals surface area contributed by atoms with E-state index in [1.807, 2.05) is 0 Å². The van der Waals surface area contributed by atoms with E-state index in [9.17, 15) is 0 Å². The molecule has 1 aliphatic rings. The van der Waals surface area contributed by atoms with Gasteiger partial charge in [-0.1, -0.05) is 58.3 Å². The predicted molar refractivity (Wildman–Crippen MR) is 78.0 cm³/mol. The summed E-state index contributed by atoms with van der Waals surface area (Å²) in [5, 5.41) is 7.24. The van der Waals surface area contributed by atoms with Gasteiger partial charge in [-0.3, -0.25) is 5.41 Å². The Balaban J connectivity index is 0.00000256. The largest absolute Gasteiger partial charge is 0.388 e. The van der Waals surface area contributed by atoms with Gasteiger partial charge in [0.15, 0.2) is 0 Å². The van der Waals surface area contributed by atoms with Crippen molar-refractivity contribution in [3.63, 3.8) is 0 Å². The van der Waals surface area contributed by atoms with E-state index < -0.39 is 0 Å². The fraction of sp³-hybridized carbons (Fsp3) is 0.929. The van der Waals surface area contributed by atoms with E-state index in [1.165, 1.54) is 51.4 Å². The standard InChI is InChI=1S/C14H28N2.ClH/c1-2-3-4-5-12-6-8-13(9-7-12)10-11-14(15)16;/h12-13H,2-11H2,1H3,(H3,15,16);1H/t12-,13-;. The highest BCUT2D eigenvalue weighted by Crippen LogP contribution is 2.34. The first-order valence-electron chi connectivity index (χ1n) is 7.05. The number of unbranched alkanes of at least 4 members (excludes halogenated alkanes) is 2. The number of rotatable bonds is 7. The Morgan fingerprint density at radius 1 is 1.06 bits per heavy atom. The summed E-state index contributed by atoms with van der Waals surface area (Å²) >= 11 is 0. The second-order valence-corrected chi connectivity index (χ2v) is 5.45. The molecule has 0 bridgehead atoms. The maximum Gasteiger partial charge on any atom is 0.0905 e. The first-order chi connectivity index (χ1) is 7.72. The minimum absolute atomic E-state index is 0. The Morgan fingerprint density at radius 2 is 1.59 bits per heavy atom. The van der Waals surface area contributed by atoms with Crippen LogP contribution in [-0.4, -0.2) is 5.84 Å². The quantitative estimate of drug-likeness (QED) is 0.395. The average molecular weight is 261 g/mol. The van der Waals surface area contributed by atoms with Crippen LogP contribution in [-0.2, 0) is 0 Å². The van der Waals surface area contributed by atoms with Crippen LogP contribution in [0.5, 0.6) is 0 Å². The van der Waals surface area contributed by atoms with Crippen molar-refractivity contribution in [2.45, 2.75) is 71.1 Å². The van der Waals surface area contributed by atoms with Gasteiger partial charge in [-0.2, -0.15) is 0 Å². The molecular formula is C14H29ClN2. The predicted octanol–water partition coefficient (Wildman–Crippen LogP) is 4.51. The molecule has 3 heteroatoms. The molecule has 1 fully saturated rings. The molecule has 0 heterocycles. The van der Waals surface area contributed by atoms with Crippen molar-refractivity contribution >= 4 is 18.2 Å². The van der Waals surface area contributed by atoms with E-state index in [0.29, 0.717) is 5.84 Å². The summed E-state index contributed by atoms with van der Waals surface area (Å²) in [6.45, 7) is 2.28. The monoisotopic (exact) mass is 260 g/mol. The van der Waals surface area contributed by atoms with Gasteiger partial charge in [0, 0.05) is 6.42 Å². The highest BCUT2D eigenvalue weighted by Gasteiger charge is 2.20. The van der Waals surface area contributed by atoms with Gasteiger partial charge in [-0.25, -0.2) is 0 Å². The van der Waals surface area contributed by atoms with Gasteiger partial charge in [0.2, 0.25) is 0 Å². The highest BCUT2D eigenvalue weighted by molar-refractivity contribution is 5.85. The molecule has 0 amide bonds. The zero-order valence-corrected chi connectivity index (χ0v) is 12.0. The topological polar surface area (TPSA) is 49.9 Å². The van der Waals surface area contributed by atoms with Crippen molar-refractivity contribution in [1.82, 2.24) is 0 Å². The molecule has 17 heavy (non-hydrogen) atoms. The van der Waals surface area contributed by atoms with Gasteiger partial charge in [0.25, 0.3) is 0 Å². The maximum absolute atomic E-state index is 7.24. The van der Waals surface area contributed by atoms with Crippen LogP contribution < -0.4 is 5.73 Å². The van der Waals surface area contributed by atoms with Crippen molar-refractivity contribution in [1.29, 1.82) is 5.41 Å². The zero-order chi connectivity index (χ0) is 11.8. The number of hydrogen-bond donors (Lipinski definition) is 2. The van der Waals surface area contributed by atoms with E-state index in [4.69, 9.17) is 11.1 Å². The van der Waals surface area contributed by atoms with Crippen LogP contribution in [0.2, 0.25) is 0 Å². The van der Waals surface area contributed by atoms with E-state index in [2.05, 4.69) is 6.92 Å². The summed E-state index contributed by atoms with van der Waals surface area (Å²) in [6.07, 6.45) is 13.2. The summed E-state index contributed by atoms with van der Waals surface area (Å²) in [5.41, 5.74) is 5.40. The molecule has 0 aromatic heterocycles. The van der Waals surface area contributed by atoms with E-state index in [1.54, 1.807) is 0 Å². The van der Waals surface area contributed by atoms with Crippen LogP contribution >= 0.6 is 12.4 Å². The Labute approximate surface area is 113 Å². The minimum Gasteiger partial charge on any atom is -0.388 e. The number of nitrogens with two attached hydrogens (primary N) is 1. The molecule has 102 valence electrons. The summed E-state index contributed by atoms with van der Waals surface area (Å²) < 4.78 is 0. The van der Waals surface area contributed by atoms with Crippen molar-refractivity contribution in [3.05, 3.63) is 0 Å². The third-order valence-electron chi connectivity index (χ3n) is 4.00. The number of amidine groups is 1. The molecular weight excluding hydrogens is 232 g/mol. The Bertz CT molecular complexity index is 198. The molecule has 1 saturated carbocycles. The van der Waals surface area contributed by atoms with Crippen LogP contribution in [0.15, 0.2) is 0 Å². The molecule has 0 aromatic rings. The lowest BCUT2D eigenvalue weighted by molar-refractivity contribution is 0.251. The van der Waals surface area contributed by atoms with Crippen LogP contribution in [0, 0.1) is 17.2 Å². The lowest BCUT2D eigenvalue weighted by Crippen LogP contribution is -2.17. The molecule has 0 spiro atoms. The van der Waals surface area contributed by atoms with Crippen molar-refractivity contribution in [2.24, 2.45) is 17.6 Å². The van der Waals surface area contributed by atoms with Crippen LogP contribution in [0.25, 0.3) is 0 Å². The molecule has 0 saturated heterocycles. The summed E-state index contributed by atoms with van der Waals surface area (Å²) in [6, 6.07) is 0. The van der Waals surface area contributed by atoms with Gasteiger partial charge in [-0.15, -0.1) is 12.4 Å². The summed E-state index contributed by atoms with van der Waals surface area (Å²) in [4.78, 5) is 0. The van der Waals surface area contributed by atoms with Crippen molar-refractivity contribution < 1.29 is 0 Å². The van der Waals surface area contributed by atoms with Crippen LogP contribution in [0.1, 0.15) is 71.1 Å². The van der Waals surface area contributed by atoms with Crippen molar-refractivity contribution in [3.8, 4) is 0 Å². The normalized spacial score (nSPS) is 24.1. The Hall–Kier alpha value is -0.240.